The Kier molecular flexibility index (Phi) is 5.10. The number of carbonyl (C=O) groups excluding carboxylic acids is 1. The number of fused-ring (bicyclic) bond motifs is 1. The number of pyridine rings is 1. The van der Waals surface area contributed by atoms with Gasteiger partial charge < -0.3 is 11.1 Å². The molecular formula is C28H27N7O. The number of nitrogens with zero attached hydrogens (tertiary/aromatic N) is 5. The zero-order valence-electron chi connectivity index (χ0n) is 20.4. The van der Waals surface area contributed by atoms with Gasteiger partial charge in [-0.05, 0) is 70.7 Å². The number of nitrogen functional groups attached to an aromatic ring is 1. The third-order valence-corrected chi connectivity index (χ3v) is 6.98. The molecule has 3 aromatic heterocycles. The Hall–Kier alpha value is -4.46. The van der Waals surface area contributed by atoms with Gasteiger partial charge in [-0.1, -0.05) is 18.2 Å². The molecule has 2 aromatic carbocycles. The highest BCUT2D eigenvalue weighted by Crippen LogP contribution is 2.48. The summed E-state index contributed by atoms with van der Waals surface area (Å²) in [6.07, 6.45) is 10.2. The van der Waals surface area contributed by atoms with Gasteiger partial charge in [0.15, 0.2) is 0 Å². The maximum atomic E-state index is 12.9. The Morgan fingerprint density at radius 2 is 1.83 bits per heavy atom. The Balaban J connectivity index is 1.33. The highest BCUT2D eigenvalue weighted by atomic mass is 16.2. The number of nitrogens with one attached hydrogen (secondary N) is 1. The molecule has 0 bridgehead atoms. The van der Waals surface area contributed by atoms with Gasteiger partial charge in [0.25, 0.3) is 0 Å². The van der Waals surface area contributed by atoms with E-state index < -0.39 is 0 Å². The number of hydrogen-bond donors (Lipinski definition) is 2. The van der Waals surface area contributed by atoms with Crippen LogP contribution in [-0.2, 0) is 18.9 Å². The third-order valence-electron chi connectivity index (χ3n) is 6.98. The van der Waals surface area contributed by atoms with Crippen LogP contribution in [0.25, 0.3) is 33.0 Å². The van der Waals surface area contributed by atoms with Crippen LogP contribution in [0, 0.1) is 12.8 Å². The normalized spacial score (nSPS) is 16.9. The number of rotatable bonds is 5. The maximum absolute atomic E-state index is 12.9. The third kappa shape index (κ3) is 3.90. The Morgan fingerprint density at radius 1 is 1.03 bits per heavy atom. The molecule has 1 aliphatic rings. The van der Waals surface area contributed by atoms with Crippen LogP contribution in [0.5, 0.6) is 0 Å². The van der Waals surface area contributed by atoms with Crippen molar-refractivity contribution in [1.82, 2.24) is 24.5 Å². The van der Waals surface area contributed by atoms with Crippen LogP contribution in [-0.4, -0.2) is 30.5 Å². The van der Waals surface area contributed by atoms with Gasteiger partial charge in [0.05, 0.1) is 12.4 Å². The quantitative estimate of drug-likeness (QED) is 0.358. The number of aryl methyl sites for hydroxylation is 3. The monoisotopic (exact) mass is 477 g/mol. The Morgan fingerprint density at radius 3 is 2.58 bits per heavy atom. The summed E-state index contributed by atoms with van der Waals surface area (Å²) in [5, 5.41) is 13.4. The molecule has 1 aliphatic carbocycles. The van der Waals surface area contributed by atoms with E-state index >= 15 is 0 Å². The van der Waals surface area contributed by atoms with E-state index in [4.69, 9.17) is 5.73 Å². The van der Waals surface area contributed by atoms with E-state index in [1.54, 1.807) is 15.6 Å². The summed E-state index contributed by atoms with van der Waals surface area (Å²) in [5.41, 5.74) is 13.6. The van der Waals surface area contributed by atoms with E-state index in [0.29, 0.717) is 11.5 Å². The van der Waals surface area contributed by atoms with E-state index in [1.807, 2.05) is 51.0 Å². The minimum atomic E-state index is -0.0582. The summed E-state index contributed by atoms with van der Waals surface area (Å²) >= 11 is 0. The second-order valence-corrected chi connectivity index (χ2v) is 9.64. The zero-order chi connectivity index (χ0) is 25.0. The first kappa shape index (κ1) is 22.0. The van der Waals surface area contributed by atoms with Crippen molar-refractivity contribution in [2.24, 2.45) is 20.0 Å². The van der Waals surface area contributed by atoms with Crippen molar-refractivity contribution < 1.29 is 4.79 Å². The van der Waals surface area contributed by atoms with Gasteiger partial charge in [0.1, 0.15) is 5.82 Å². The molecule has 1 saturated carbocycles. The van der Waals surface area contributed by atoms with Gasteiger partial charge in [0, 0.05) is 55.2 Å². The van der Waals surface area contributed by atoms with Gasteiger partial charge in [-0.2, -0.15) is 10.2 Å². The summed E-state index contributed by atoms with van der Waals surface area (Å²) in [7, 11) is 3.80. The smallest absolute Gasteiger partial charge is 0.229 e. The summed E-state index contributed by atoms with van der Waals surface area (Å²) in [5.74, 6) is 0.668. The average molecular weight is 478 g/mol. The average Bonchev–Trinajstić information content (AvgIpc) is 3.35. The Bertz CT molecular complexity index is 1630. The van der Waals surface area contributed by atoms with Crippen LogP contribution in [0.3, 0.4) is 0 Å². The maximum Gasteiger partial charge on any atom is 0.229 e. The highest BCUT2D eigenvalue weighted by Gasteiger charge is 2.44. The molecule has 180 valence electrons. The van der Waals surface area contributed by atoms with Crippen LogP contribution in [0.15, 0.2) is 67.4 Å². The summed E-state index contributed by atoms with van der Waals surface area (Å²) < 4.78 is 3.57. The molecule has 0 radical (unpaired) electrons. The first-order valence-electron chi connectivity index (χ1n) is 11.9. The van der Waals surface area contributed by atoms with Crippen molar-refractivity contribution in [3.05, 3.63) is 78.5 Å². The lowest BCUT2D eigenvalue weighted by Crippen LogP contribution is -2.15. The molecule has 1 amide bonds. The molecule has 0 unspecified atom stereocenters. The molecule has 3 N–H and O–H groups in total. The molecule has 8 heteroatoms. The number of anilines is 2. The molecule has 6 rings (SSSR count). The minimum Gasteiger partial charge on any atom is -0.398 e. The fourth-order valence-electron chi connectivity index (χ4n) is 5.05. The molecule has 0 spiro atoms. The van der Waals surface area contributed by atoms with Crippen molar-refractivity contribution in [2.45, 2.75) is 19.3 Å². The SMILES string of the molecule is Cc1cccc(-c2cnn(C)c2)c1-c1cc(N)c2cnc(NC(=O)[C@@H]3C[C@H]3c3cnn(C)c3)cc2c1. The second-order valence-electron chi connectivity index (χ2n) is 9.64. The molecule has 0 saturated heterocycles. The van der Waals surface area contributed by atoms with Gasteiger partial charge in [-0.15, -0.1) is 0 Å². The standard InChI is InChI=1S/C28H27N7O/c1-16-5-4-6-21(19-11-31-34(2)14-19)27(16)18-7-17-9-26(30-13-24(17)25(29)8-18)33-28(36)23-10-22(23)20-12-32-35(3)15-20/h4-9,11-15,22-23H,10,29H2,1-3H3,(H,30,33,36)/t22-,23+/m0/s1. The van der Waals surface area contributed by atoms with Gasteiger partial charge >= 0.3 is 0 Å². The van der Waals surface area contributed by atoms with Crippen molar-refractivity contribution in [2.75, 3.05) is 11.1 Å². The number of hydrogen-bond acceptors (Lipinski definition) is 5. The minimum absolute atomic E-state index is 0.0161. The van der Waals surface area contributed by atoms with Gasteiger partial charge in [0.2, 0.25) is 5.91 Å². The molecular weight excluding hydrogens is 450 g/mol. The summed E-state index contributed by atoms with van der Waals surface area (Å²) in [6.45, 7) is 2.10. The van der Waals surface area contributed by atoms with E-state index in [9.17, 15) is 4.79 Å². The van der Waals surface area contributed by atoms with Crippen LogP contribution >= 0.6 is 0 Å². The fraction of sp³-hybridized carbons (Fsp3) is 0.214. The molecule has 36 heavy (non-hydrogen) atoms. The number of benzene rings is 2. The largest absolute Gasteiger partial charge is 0.398 e. The first-order valence-corrected chi connectivity index (χ1v) is 11.9. The van der Waals surface area contributed by atoms with E-state index in [-0.39, 0.29) is 17.7 Å². The summed E-state index contributed by atoms with van der Waals surface area (Å²) in [6, 6.07) is 12.3. The lowest BCUT2D eigenvalue weighted by Gasteiger charge is -2.15. The van der Waals surface area contributed by atoms with Crippen molar-refractivity contribution in [1.29, 1.82) is 0 Å². The van der Waals surface area contributed by atoms with Gasteiger partial charge in [-0.25, -0.2) is 4.98 Å². The summed E-state index contributed by atoms with van der Waals surface area (Å²) in [4.78, 5) is 17.4. The van der Waals surface area contributed by atoms with E-state index in [2.05, 4.69) is 51.7 Å². The van der Waals surface area contributed by atoms with Crippen LogP contribution in [0.1, 0.15) is 23.5 Å². The van der Waals surface area contributed by atoms with E-state index in [1.165, 1.54) is 0 Å². The lowest BCUT2D eigenvalue weighted by molar-refractivity contribution is -0.117. The molecule has 1 fully saturated rings. The number of aromatic nitrogens is 5. The predicted octanol–water partition coefficient (Wildman–Crippen LogP) is 4.67. The Labute approximate surface area is 208 Å². The molecule has 5 aromatic rings. The van der Waals surface area contributed by atoms with E-state index in [0.717, 1.165) is 50.6 Å². The second kappa shape index (κ2) is 8.34. The van der Waals surface area contributed by atoms with Crippen molar-refractivity contribution in [3.63, 3.8) is 0 Å². The van der Waals surface area contributed by atoms with Crippen LogP contribution in [0.4, 0.5) is 11.5 Å². The van der Waals surface area contributed by atoms with Crippen LogP contribution in [0.2, 0.25) is 0 Å². The van der Waals surface area contributed by atoms with Gasteiger partial charge in [-0.3, -0.25) is 14.2 Å². The predicted molar refractivity (Wildman–Crippen MR) is 141 cm³/mol. The number of amides is 1. The zero-order valence-corrected chi connectivity index (χ0v) is 20.4. The number of carbonyl (C=O) groups is 1. The molecule has 3 heterocycles. The topological polar surface area (TPSA) is 104 Å². The number of nitrogens with two attached hydrogens (primary N) is 1. The lowest BCUT2D eigenvalue weighted by atomic mass is 9.91. The van der Waals surface area contributed by atoms with Crippen LogP contribution < -0.4 is 11.1 Å². The highest BCUT2D eigenvalue weighted by molar-refractivity contribution is 6.01. The molecule has 2 atom stereocenters. The molecule has 8 nitrogen and oxygen atoms in total. The molecule has 0 aliphatic heterocycles. The van der Waals surface area contributed by atoms with Crippen molar-refractivity contribution in [3.8, 4) is 22.3 Å². The first-order chi connectivity index (χ1) is 17.4. The van der Waals surface area contributed by atoms with Crippen molar-refractivity contribution >= 4 is 28.2 Å². The fourth-order valence-corrected chi connectivity index (χ4v) is 5.05.